The van der Waals surface area contributed by atoms with E-state index in [0.717, 1.165) is 5.56 Å². The zero-order valence-electron chi connectivity index (χ0n) is 13.0. The van der Waals surface area contributed by atoms with E-state index in [9.17, 15) is 9.59 Å². The van der Waals surface area contributed by atoms with Crippen LogP contribution in [0.25, 0.3) is 6.08 Å². The molecule has 0 atom stereocenters. The van der Waals surface area contributed by atoms with Gasteiger partial charge in [0.25, 0.3) is 5.91 Å². The van der Waals surface area contributed by atoms with E-state index in [2.05, 4.69) is 4.99 Å². The van der Waals surface area contributed by atoms with Crippen LogP contribution in [-0.2, 0) is 4.79 Å². The Morgan fingerprint density at radius 1 is 1.04 bits per heavy atom. The van der Waals surface area contributed by atoms with Gasteiger partial charge in [0, 0.05) is 5.56 Å². The highest BCUT2D eigenvalue weighted by molar-refractivity contribution is 6.28. The minimum Gasteiger partial charge on any atom is -0.295 e. The van der Waals surface area contributed by atoms with Crippen molar-refractivity contribution in [3.05, 3.63) is 71.4 Å². The summed E-state index contributed by atoms with van der Waals surface area (Å²) in [6.45, 7) is 3.31. The molecule has 114 valence electrons. The van der Waals surface area contributed by atoms with Crippen molar-refractivity contribution in [2.24, 2.45) is 4.99 Å². The van der Waals surface area contributed by atoms with Gasteiger partial charge >= 0.3 is 0 Å². The largest absolute Gasteiger partial charge is 0.295 e. The number of amidine groups is 1. The van der Waals surface area contributed by atoms with Gasteiger partial charge in [-0.3, -0.25) is 14.5 Å². The van der Waals surface area contributed by atoms with Crippen LogP contribution in [0.1, 0.15) is 29.8 Å². The fourth-order valence-corrected chi connectivity index (χ4v) is 2.48. The van der Waals surface area contributed by atoms with Crippen LogP contribution >= 0.6 is 0 Å². The first kappa shape index (κ1) is 14.9. The number of ketones is 1. The predicted molar refractivity (Wildman–Crippen MR) is 91.5 cm³/mol. The van der Waals surface area contributed by atoms with E-state index in [1.54, 1.807) is 42.2 Å². The molecule has 0 fully saturated rings. The van der Waals surface area contributed by atoms with Crippen molar-refractivity contribution in [2.45, 2.75) is 13.8 Å². The first-order valence-corrected chi connectivity index (χ1v) is 7.34. The number of hydrogen-bond acceptors (Lipinski definition) is 3. The SMILES string of the molecule is CC(=O)c1ccc(N2C(=O)/C(=C\c3ccccc3)N=C2C)cc1. The second-order valence-electron chi connectivity index (χ2n) is 5.34. The van der Waals surface area contributed by atoms with Crippen LogP contribution in [0.4, 0.5) is 5.69 Å². The Morgan fingerprint density at radius 2 is 1.70 bits per heavy atom. The van der Waals surface area contributed by atoms with Crippen LogP contribution in [0.2, 0.25) is 0 Å². The number of carbonyl (C=O) groups is 2. The van der Waals surface area contributed by atoms with E-state index < -0.39 is 0 Å². The highest BCUT2D eigenvalue weighted by atomic mass is 16.2. The molecule has 0 saturated carbocycles. The fourth-order valence-electron chi connectivity index (χ4n) is 2.48. The maximum Gasteiger partial charge on any atom is 0.282 e. The molecule has 4 heteroatoms. The molecule has 2 aromatic rings. The second-order valence-corrected chi connectivity index (χ2v) is 5.34. The molecule has 1 amide bonds. The zero-order chi connectivity index (χ0) is 16.4. The Bertz CT molecular complexity index is 818. The van der Waals surface area contributed by atoms with Crippen molar-refractivity contribution >= 4 is 29.3 Å². The van der Waals surface area contributed by atoms with Crippen molar-refractivity contribution in [2.75, 3.05) is 4.90 Å². The number of rotatable bonds is 3. The standard InChI is InChI=1S/C19H16N2O2/c1-13(22)16-8-10-17(11-9-16)21-14(2)20-18(19(21)23)12-15-6-4-3-5-7-15/h3-12H,1-2H3/b18-12+. The fraction of sp³-hybridized carbons (Fsp3) is 0.105. The minimum absolute atomic E-state index is 0.000602. The summed E-state index contributed by atoms with van der Waals surface area (Å²) in [6, 6.07) is 16.6. The summed E-state index contributed by atoms with van der Waals surface area (Å²) in [5.74, 6) is 0.453. The molecule has 0 aromatic heterocycles. The van der Waals surface area contributed by atoms with Gasteiger partial charge in [0.05, 0.1) is 5.69 Å². The van der Waals surface area contributed by atoms with Gasteiger partial charge in [0.15, 0.2) is 5.78 Å². The maximum atomic E-state index is 12.6. The van der Waals surface area contributed by atoms with Crippen molar-refractivity contribution < 1.29 is 9.59 Å². The molecular weight excluding hydrogens is 288 g/mol. The number of amides is 1. The first-order valence-electron chi connectivity index (χ1n) is 7.34. The van der Waals surface area contributed by atoms with Crippen molar-refractivity contribution in [1.29, 1.82) is 0 Å². The van der Waals surface area contributed by atoms with Crippen LogP contribution in [0.5, 0.6) is 0 Å². The lowest BCUT2D eigenvalue weighted by Crippen LogP contribution is -2.30. The Morgan fingerprint density at radius 3 is 2.30 bits per heavy atom. The zero-order valence-corrected chi connectivity index (χ0v) is 13.0. The number of nitrogens with zero attached hydrogens (tertiary/aromatic N) is 2. The molecule has 0 aliphatic carbocycles. The van der Waals surface area contributed by atoms with Crippen LogP contribution in [0.3, 0.4) is 0 Å². The van der Waals surface area contributed by atoms with Crippen LogP contribution in [-0.4, -0.2) is 17.5 Å². The van der Waals surface area contributed by atoms with E-state index in [1.807, 2.05) is 30.3 Å². The van der Waals surface area contributed by atoms with E-state index >= 15 is 0 Å². The lowest BCUT2D eigenvalue weighted by atomic mass is 10.1. The van der Waals surface area contributed by atoms with Gasteiger partial charge in [-0.2, -0.15) is 0 Å². The smallest absolute Gasteiger partial charge is 0.282 e. The summed E-state index contributed by atoms with van der Waals surface area (Å²) in [5, 5.41) is 0. The molecule has 0 radical (unpaired) electrons. The molecule has 0 unspecified atom stereocenters. The molecule has 1 aliphatic rings. The third kappa shape index (κ3) is 2.97. The molecule has 0 N–H and O–H groups in total. The van der Waals surface area contributed by atoms with Gasteiger partial charge in [-0.1, -0.05) is 30.3 Å². The molecular formula is C19H16N2O2. The Kier molecular flexibility index (Phi) is 3.89. The number of anilines is 1. The van der Waals surface area contributed by atoms with E-state index in [0.29, 0.717) is 22.8 Å². The van der Waals surface area contributed by atoms with Crippen molar-refractivity contribution in [3.8, 4) is 0 Å². The lowest BCUT2D eigenvalue weighted by molar-refractivity contribution is -0.113. The van der Waals surface area contributed by atoms with Gasteiger partial charge < -0.3 is 0 Å². The Hall–Kier alpha value is -3.01. The number of benzene rings is 2. The summed E-state index contributed by atoms with van der Waals surface area (Å²) in [7, 11) is 0. The van der Waals surface area contributed by atoms with E-state index in [1.165, 1.54) is 6.92 Å². The highest BCUT2D eigenvalue weighted by Gasteiger charge is 2.28. The Labute approximate surface area is 134 Å². The molecule has 0 bridgehead atoms. The van der Waals surface area contributed by atoms with Gasteiger partial charge in [0.1, 0.15) is 11.5 Å². The minimum atomic E-state index is -0.165. The number of Topliss-reactive ketones (excluding diaryl/α,β-unsaturated/α-hetero) is 1. The molecule has 2 aromatic carbocycles. The summed E-state index contributed by atoms with van der Waals surface area (Å²) in [5.41, 5.74) is 2.67. The molecule has 4 nitrogen and oxygen atoms in total. The molecule has 1 heterocycles. The van der Waals surface area contributed by atoms with Gasteiger partial charge in [-0.15, -0.1) is 0 Å². The number of aliphatic imine (C=N–C) groups is 1. The van der Waals surface area contributed by atoms with Crippen molar-refractivity contribution in [1.82, 2.24) is 0 Å². The van der Waals surface area contributed by atoms with Crippen LogP contribution in [0, 0.1) is 0 Å². The third-order valence-corrected chi connectivity index (χ3v) is 3.66. The van der Waals surface area contributed by atoms with E-state index in [4.69, 9.17) is 0 Å². The summed E-state index contributed by atoms with van der Waals surface area (Å²) >= 11 is 0. The van der Waals surface area contributed by atoms with E-state index in [-0.39, 0.29) is 11.7 Å². The number of hydrogen-bond donors (Lipinski definition) is 0. The average molecular weight is 304 g/mol. The van der Waals surface area contributed by atoms with Crippen molar-refractivity contribution in [3.63, 3.8) is 0 Å². The lowest BCUT2D eigenvalue weighted by Gasteiger charge is -2.16. The molecule has 3 rings (SSSR count). The monoisotopic (exact) mass is 304 g/mol. The van der Waals surface area contributed by atoms with Crippen LogP contribution in [0.15, 0.2) is 65.3 Å². The van der Waals surface area contributed by atoms with Gasteiger partial charge in [-0.25, -0.2) is 4.99 Å². The molecule has 0 saturated heterocycles. The summed E-state index contributed by atoms with van der Waals surface area (Å²) in [6.07, 6.45) is 1.77. The third-order valence-electron chi connectivity index (χ3n) is 3.66. The summed E-state index contributed by atoms with van der Waals surface area (Å²) in [4.78, 5) is 29.9. The quantitative estimate of drug-likeness (QED) is 0.641. The summed E-state index contributed by atoms with van der Waals surface area (Å²) < 4.78 is 0. The Balaban J connectivity index is 1.91. The van der Waals surface area contributed by atoms with Gasteiger partial charge in [-0.05, 0) is 49.8 Å². The average Bonchev–Trinajstić information content (AvgIpc) is 2.82. The predicted octanol–water partition coefficient (Wildman–Crippen LogP) is 3.70. The van der Waals surface area contributed by atoms with Crippen LogP contribution < -0.4 is 4.90 Å². The number of carbonyl (C=O) groups excluding carboxylic acids is 2. The van der Waals surface area contributed by atoms with Gasteiger partial charge in [0.2, 0.25) is 0 Å². The maximum absolute atomic E-state index is 12.6. The normalized spacial score (nSPS) is 15.9. The second kappa shape index (κ2) is 6.01. The molecule has 23 heavy (non-hydrogen) atoms. The molecule has 1 aliphatic heterocycles. The topological polar surface area (TPSA) is 49.7 Å². The molecule has 0 spiro atoms. The first-order chi connectivity index (χ1) is 11.1. The highest BCUT2D eigenvalue weighted by Crippen LogP contribution is 2.25.